The smallest absolute Gasteiger partial charge is 0.235 e. The van der Waals surface area contributed by atoms with E-state index in [2.05, 4.69) is 0 Å². The van der Waals surface area contributed by atoms with Gasteiger partial charge in [0.2, 0.25) is 5.91 Å². The molecule has 102 valence electrons. The Morgan fingerprint density at radius 1 is 1.33 bits per heavy atom. The molecule has 0 unspecified atom stereocenters. The summed E-state index contributed by atoms with van der Waals surface area (Å²) >= 11 is 5.18. The van der Waals surface area contributed by atoms with Crippen LogP contribution in [0.25, 0.3) is 0 Å². The first-order chi connectivity index (χ1) is 8.62. The fourth-order valence-corrected chi connectivity index (χ4v) is 3.23. The topological polar surface area (TPSA) is 66.6 Å². The highest BCUT2D eigenvalue weighted by Gasteiger charge is 2.47. The molecule has 0 bridgehead atoms. The Hall–Kier alpha value is -0.680. The second-order valence-electron chi connectivity index (χ2n) is 5.46. The number of hydrogen-bond donors (Lipinski definition) is 2. The largest absolute Gasteiger partial charge is 0.395 e. The van der Waals surface area contributed by atoms with Crippen LogP contribution in [0.3, 0.4) is 0 Å². The Balaban J connectivity index is 2.18. The van der Waals surface area contributed by atoms with Crippen LogP contribution in [-0.4, -0.2) is 40.1 Å². The zero-order chi connectivity index (χ0) is 13.2. The van der Waals surface area contributed by atoms with Crippen molar-refractivity contribution in [2.45, 2.75) is 51.0 Å². The van der Waals surface area contributed by atoms with Crippen LogP contribution in [0.1, 0.15) is 44.9 Å². The molecule has 3 N–H and O–H groups in total. The average molecular weight is 270 g/mol. The van der Waals surface area contributed by atoms with Crippen molar-refractivity contribution in [1.29, 1.82) is 0 Å². The molecule has 2 saturated carbocycles. The summed E-state index contributed by atoms with van der Waals surface area (Å²) in [5.41, 5.74) is 5.25. The van der Waals surface area contributed by atoms with E-state index in [1.54, 1.807) is 0 Å². The van der Waals surface area contributed by atoms with Gasteiger partial charge in [-0.2, -0.15) is 0 Å². The van der Waals surface area contributed by atoms with Crippen LogP contribution in [0.4, 0.5) is 0 Å². The van der Waals surface area contributed by atoms with Crippen LogP contribution >= 0.6 is 12.2 Å². The van der Waals surface area contributed by atoms with E-state index in [4.69, 9.17) is 23.1 Å². The molecule has 0 saturated heterocycles. The third-order valence-corrected chi connectivity index (χ3v) is 4.57. The number of rotatable bonds is 5. The van der Waals surface area contributed by atoms with Crippen molar-refractivity contribution in [3.63, 3.8) is 0 Å². The molecule has 0 heterocycles. The SMILES string of the molecule is NC(=S)C1(C(=O)N(CCO)C2CC2)CCCCC1. The molecular weight excluding hydrogens is 248 g/mol. The maximum Gasteiger partial charge on any atom is 0.235 e. The lowest BCUT2D eigenvalue weighted by Gasteiger charge is -2.39. The molecule has 5 heteroatoms. The van der Waals surface area contributed by atoms with E-state index in [1.807, 2.05) is 4.90 Å². The molecule has 2 fully saturated rings. The van der Waals surface area contributed by atoms with Gasteiger partial charge in [-0.25, -0.2) is 0 Å². The van der Waals surface area contributed by atoms with Crippen molar-refractivity contribution in [2.75, 3.05) is 13.2 Å². The molecule has 0 aromatic heterocycles. The summed E-state index contributed by atoms with van der Waals surface area (Å²) in [6.07, 6.45) is 6.81. The number of amides is 1. The Bertz CT molecular complexity index is 336. The van der Waals surface area contributed by atoms with E-state index in [0.717, 1.165) is 44.9 Å². The van der Waals surface area contributed by atoms with Crippen LogP contribution in [0, 0.1) is 5.41 Å². The van der Waals surface area contributed by atoms with E-state index in [-0.39, 0.29) is 12.5 Å². The number of hydrogen-bond acceptors (Lipinski definition) is 3. The number of carbonyl (C=O) groups is 1. The summed E-state index contributed by atoms with van der Waals surface area (Å²) in [7, 11) is 0. The van der Waals surface area contributed by atoms with Gasteiger partial charge in [-0.05, 0) is 25.7 Å². The highest BCUT2D eigenvalue weighted by Crippen LogP contribution is 2.40. The minimum absolute atomic E-state index is 0.00958. The molecule has 0 aromatic rings. The van der Waals surface area contributed by atoms with Gasteiger partial charge in [0.05, 0.1) is 17.0 Å². The predicted molar refractivity (Wildman–Crippen MR) is 74.1 cm³/mol. The summed E-state index contributed by atoms with van der Waals surface area (Å²) in [5, 5.41) is 9.13. The normalized spacial score (nSPS) is 22.5. The van der Waals surface area contributed by atoms with Gasteiger partial charge in [0, 0.05) is 12.6 Å². The first-order valence-electron chi connectivity index (χ1n) is 6.83. The van der Waals surface area contributed by atoms with Crippen LogP contribution in [0.5, 0.6) is 0 Å². The van der Waals surface area contributed by atoms with Crippen molar-refractivity contribution < 1.29 is 9.90 Å². The highest BCUT2D eigenvalue weighted by molar-refractivity contribution is 7.80. The molecule has 4 nitrogen and oxygen atoms in total. The van der Waals surface area contributed by atoms with E-state index >= 15 is 0 Å². The molecule has 0 atom stereocenters. The minimum atomic E-state index is -0.634. The number of nitrogens with zero attached hydrogens (tertiary/aromatic N) is 1. The molecule has 1 amide bonds. The third kappa shape index (κ3) is 2.52. The summed E-state index contributed by atoms with van der Waals surface area (Å²) < 4.78 is 0. The van der Waals surface area contributed by atoms with Crippen LogP contribution in [-0.2, 0) is 4.79 Å². The summed E-state index contributed by atoms with van der Waals surface area (Å²) in [4.78, 5) is 14.9. The predicted octanol–water partition coefficient (Wildman–Crippen LogP) is 1.21. The minimum Gasteiger partial charge on any atom is -0.395 e. The molecule has 18 heavy (non-hydrogen) atoms. The van der Waals surface area contributed by atoms with E-state index in [1.165, 1.54) is 0 Å². The van der Waals surface area contributed by atoms with Gasteiger partial charge >= 0.3 is 0 Å². The Morgan fingerprint density at radius 2 is 1.94 bits per heavy atom. The van der Waals surface area contributed by atoms with Crippen molar-refractivity contribution in [3.8, 4) is 0 Å². The van der Waals surface area contributed by atoms with Gasteiger partial charge in [0.1, 0.15) is 0 Å². The number of nitrogens with two attached hydrogens (primary N) is 1. The summed E-state index contributed by atoms with van der Waals surface area (Å²) in [5.74, 6) is 0.0613. The average Bonchev–Trinajstić information content (AvgIpc) is 3.20. The summed E-state index contributed by atoms with van der Waals surface area (Å²) in [6, 6.07) is 0.304. The molecule has 2 rings (SSSR count). The lowest BCUT2D eigenvalue weighted by atomic mass is 9.72. The van der Waals surface area contributed by atoms with Crippen molar-refractivity contribution in [1.82, 2.24) is 4.90 Å². The third-order valence-electron chi connectivity index (χ3n) is 4.18. The van der Waals surface area contributed by atoms with E-state index in [0.29, 0.717) is 17.6 Å². The maximum absolute atomic E-state index is 12.8. The Morgan fingerprint density at radius 3 is 2.39 bits per heavy atom. The van der Waals surface area contributed by atoms with Gasteiger partial charge in [-0.3, -0.25) is 4.79 Å². The number of thiocarbonyl (C=S) groups is 1. The van der Waals surface area contributed by atoms with Gasteiger partial charge in [0.25, 0.3) is 0 Å². The van der Waals surface area contributed by atoms with Crippen molar-refractivity contribution >= 4 is 23.1 Å². The van der Waals surface area contributed by atoms with Crippen LogP contribution in [0.15, 0.2) is 0 Å². The van der Waals surface area contributed by atoms with Crippen molar-refractivity contribution in [2.24, 2.45) is 11.1 Å². The Labute approximate surface area is 114 Å². The monoisotopic (exact) mass is 270 g/mol. The molecule has 2 aliphatic rings. The van der Waals surface area contributed by atoms with Crippen LogP contribution < -0.4 is 5.73 Å². The maximum atomic E-state index is 12.8. The lowest BCUT2D eigenvalue weighted by Crippen LogP contribution is -2.52. The second kappa shape index (κ2) is 5.53. The molecule has 0 aromatic carbocycles. The zero-order valence-corrected chi connectivity index (χ0v) is 11.5. The molecule has 0 spiro atoms. The molecular formula is C13H22N2O2S. The lowest BCUT2D eigenvalue weighted by molar-refractivity contribution is -0.140. The fraction of sp³-hybridized carbons (Fsp3) is 0.846. The second-order valence-corrected chi connectivity index (χ2v) is 5.90. The van der Waals surface area contributed by atoms with Crippen molar-refractivity contribution in [3.05, 3.63) is 0 Å². The summed E-state index contributed by atoms with van der Waals surface area (Å²) in [6.45, 7) is 0.420. The quantitative estimate of drug-likeness (QED) is 0.737. The molecule has 0 radical (unpaired) electrons. The zero-order valence-electron chi connectivity index (χ0n) is 10.7. The van der Waals surface area contributed by atoms with E-state index in [9.17, 15) is 4.79 Å². The number of aliphatic hydroxyl groups excluding tert-OH is 1. The number of aliphatic hydroxyl groups is 1. The van der Waals surface area contributed by atoms with Gasteiger partial charge in [0.15, 0.2) is 0 Å². The van der Waals surface area contributed by atoms with Gasteiger partial charge in [-0.15, -0.1) is 0 Å². The van der Waals surface area contributed by atoms with Gasteiger partial charge < -0.3 is 15.7 Å². The first-order valence-corrected chi connectivity index (χ1v) is 7.24. The fourth-order valence-electron chi connectivity index (χ4n) is 2.94. The van der Waals surface area contributed by atoms with Gasteiger partial charge in [-0.1, -0.05) is 31.5 Å². The Kier molecular flexibility index (Phi) is 4.22. The number of carbonyl (C=O) groups excluding carboxylic acids is 1. The molecule has 0 aliphatic heterocycles. The highest BCUT2D eigenvalue weighted by atomic mass is 32.1. The van der Waals surface area contributed by atoms with E-state index < -0.39 is 5.41 Å². The van der Waals surface area contributed by atoms with Crippen LogP contribution in [0.2, 0.25) is 0 Å². The standard InChI is InChI=1S/C13H22N2O2S/c14-11(18)13(6-2-1-3-7-13)12(17)15(8-9-16)10-4-5-10/h10,16H,1-9H2,(H2,14,18). The first kappa shape index (κ1) is 13.7. The molecule has 2 aliphatic carbocycles.